The molecular formula is C22H23ClN2O. The predicted molar refractivity (Wildman–Crippen MR) is 105 cm³/mol. The van der Waals surface area contributed by atoms with Crippen LogP contribution in [0.2, 0.25) is 5.02 Å². The highest BCUT2D eigenvalue weighted by Gasteiger charge is 2.25. The van der Waals surface area contributed by atoms with E-state index in [4.69, 9.17) is 16.9 Å². The van der Waals surface area contributed by atoms with Crippen molar-refractivity contribution in [2.45, 2.75) is 38.0 Å². The largest absolute Gasteiger partial charge is 0.315 e. The second kappa shape index (κ2) is 8.38. The van der Waals surface area contributed by atoms with Crippen LogP contribution in [0.5, 0.6) is 0 Å². The highest BCUT2D eigenvalue weighted by atomic mass is 35.5. The first-order valence-electron chi connectivity index (χ1n) is 9.09. The first-order valence-corrected chi connectivity index (χ1v) is 9.47. The normalized spacial score (nSPS) is 19.6. The third-order valence-corrected chi connectivity index (χ3v) is 5.66. The molecule has 1 fully saturated rings. The second-order valence-electron chi connectivity index (χ2n) is 7.08. The van der Waals surface area contributed by atoms with Gasteiger partial charge in [-0.25, -0.2) is 0 Å². The van der Waals surface area contributed by atoms with Gasteiger partial charge in [-0.3, -0.25) is 4.79 Å². The zero-order chi connectivity index (χ0) is 18.5. The quantitative estimate of drug-likeness (QED) is 0.713. The molecule has 0 aliphatic heterocycles. The molecule has 2 aromatic rings. The molecule has 2 aromatic carbocycles. The molecule has 1 aliphatic rings. The van der Waals surface area contributed by atoms with Gasteiger partial charge >= 0.3 is 0 Å². The lowest BCUT2D eigenvalue weighted by molar-refractivity contribution is -0.119. The molecule has 0 unspecified atom stereocenters. The van der Waals surface area contributed by atoms with Crippen LogP contribution in [0.1, 0.15) is 49.1 Å². The van der Waals surface area contributed by atoms with Crippen LogP contribution in [0.25, 0.3) is 0 Å². The molecular weight excluding hydrogens is 344 g/mol. The van der Waals surface area contributed by atoms with E-state index in [9.17, 15) is 4.79 Å². The Labute approximate surface area is 160 Å². The van der Waals surface area contributed by atoms with Crippen LogP contribution in [0, 0.1) is 17.2 Å². The van der Waals surface area contributed by atoms with E-state index in [1.807, 2.05) is 43.4 Å². The standard InChI is InChI=1S/C22H23ClN2O/c1-25(21-12-10-20(23)11-13-21)22(26)14-16-2-6-18(7-3-16)19-8-4-17(15-24)5-9-19/h4-5,8-13,16,18H,2-3,6-7,14H2,1H3. The Kier molecular flexibility index (Phi) is 5.96. The fourth-order valence-electron chi connectivity index (χ4n) is 3.72. The Hall–Kier alpha value is -2.31. The Bertz CT molecular complexity index is 784. The number of anilines is 1. The number of carbonyl (C=O) groups excluding carboxylic acids is 1. The van der Waals surface area contributed by atoms with Gasteiger partial charge in [0.2, 0.25) is 5.91 Å². The second-order valence-corrected chi connectivity index (χ2v) is 7.52. The topological polar surface area (TPSA) is 44.1 Å². The molecule has 0 atom stereocenters. The maximum absolute atomic E-state index is 12.6. The van der Waals surface area contributed by atoms with Crippen LogP contribution < -0.4 is 4.90 Å². The van der Waals surface area contributed by atoms with Gasteiger partial charge in [0, 0.05) is 24.2 Å². The lowest BCUT2D eigenvalue weighted by atomic mass is 9.77. The Morgan fingerprint density at radius 2 is 1.69 bits per heavy atom. The molecule has 0 saturated heterocycles. The molecule has 0 bridgehead atoms. The molecule has 4 heteroatoms. The molecule has 134 valence electrons. The van der Waals surface area contributed by atoms with Crippen LogP contribution in [0.3, 0.4) is 0 Å². The van der Waals surface area contributed by atoms with Gasteiger partial charge in [-0.15, -0.1) is 0 Å². The van der Waals surface area contributed by atoms with Crippen molar-refractivity contribution in [1.29, 1.82) is 5.26 Å². The van der Waals surface area contributed by atoms with Gasteiger partial charge in [-0.1, -0.05) is 23.7 Å². The Balaban J connectivity index is 1.52. The van der Waals surface area contributed by atoms with Crippen molar-refractivity contribution in [3.8, 4) is 6.07 Å². The van der Waals surface area contributed by atoms with Gasteiger partial charge in [0.15, 0.2) is 0 Å². The van der Waals surface area contributed by atoms with E-state index >= 15 is 0 Å². The maximum atomic E-state index is 12.6. The number of amides is 1. The third-order valence-electron chi connectivity index (χ3n) is 5.41. The molecule has 1 saturated carbocycles. The van der Waals surface area contributed by atoms with E-state index in [1.54, 1.807) is 4.90 Å². The summed E-state index contributed by atoms with van der Waals surface area (Å²) in [5.41, 5.74) is 2.90. The van der Waals surface area contributed by atoms with Gasteiger partial charge in [-0.05, 0) is 79.5 Å². The predicted octanol–water partition coefficient (Wildman–Crippen LogP) is 5.54. The number of hydrogen-bond donors (Lipinski definition) is 0. The summed E-state index contributed by atoms with van der Waals surface area (Å²) < 4.78 is 0. The molecule has 0 heterocycles. The molecule has 1 amide bonds. The number of halogens is 1. The van der Waals surface area contributed by atoms with E-state index < -0.39 is 0 Å². The maximum Gasteiger partial charge on any atom is 0.226 e. The van der Waals surface area contributed by atoms with E-state index in [0.717, 1.165) is 31.4 Å². The summed E-state index contributed by atoms with van der Waals surface area (Å²) in [6.45, 7) is 0. The van der Waals surface area contributed by atoms with Crippen LogP contribution in [-0.4, -0.2) is 13.0 Å². The number of hydrogen-bond acceptors (Lipinski definition) is 2. The molecule has 1 aliphatic carbocycles. The summed E-state index contributed by atoms with van der Waals surface area (Å²) in [4.78, 5) is 14.3. The van der Waals surface area contributed by atoms with Gasteiger partial charge in [0.05, 0.1) is 11.6 Å². The van der Waals surface area contributed by atoms with Crippen molar-refractivity contribution in [2.24, 2.45) is 5.92 Å². The van der Waals surface area contributed by atoms with Crippen LogP contribution in [0.15, 0.2) is 48.5 Å². The number of rotatable bonds is 4. The highest BCUT2D eigenvalue weighted by Crippen LogP contribution is 2.37. The summed E-state index contributed by atoms with van der Waals surface area (Å²) in [6.07, 6.45) is 4.96. The Morgan fingerprint density at radius 3 is 2.27 bits per heavy atom. The number of carbonyl (C=O) groups is 1. The number of nitriles is 1. The smallest absolute Gasteiger partial charge is 0.226 e. The summed E-state index contributed by atoms with van der Waals surface area (Å²) in [6, 6.07) is 17.5. The molecule has 0 aromatic heterocycles. The van der Waals surface area contributed by atoms with Gasteiger partial charge in [0.25, 0.3) is 0 Å². The van der Waals surface area contributed by atoms with E-state index in [2.05, 4.69) is 18.2 Å². The lowest BCUT2D eigenvalue weighted by Crippen LogP contribution is -2.29. The lowest BCUT2D eigenvalue weighted by Gasteiger charge is -2.29. The number of nitrogens with zero attached hydrogens (tertiary/aromatic N) is 2. The first kappa shape index (κ1) is 18.5. The average molecular weight is 367 g/mol. The van der Waals surface area contributed by atoms with Crippen molar-refractivity contribution in [3.05, 3.63) is 64.7 Å². The molecule has 3 nitrogen and oxygen atoms in total. The molecule has 3 rings (SSSR count). The molecule has 0 radical (unpaired) electrons. The fourth-order valence-corrected chi connectivity index (χ4v) is 3.85. The highest BCUT2D eigenvalue weighted by molar-refractivity contribution is 6.30. The minimum Gasteiger partial charge on any atom is -0.315 e. The van der Waals surface area contributed by atoms with Crippen LogP contribution in [-0.2, 0) is 4.79 Å². The van der Waals surface area contributed by atoms with Crippen molar-refractivity contribution < 1.29 is 4.79 Å². The SMILES string of the molecule is CN(C(=O)CC1CCC(c2ccc(C#N)cc2)CC1)c1ccc(Cl)cc1. The third kappa shape index (κ3) is 4.45. The molecule has 0 N–H and O–H groups in total. The van der Waals surface area contributed by atoms with Crippen molar-refractivity contribution in [3.63, 3.8) is 0 Å². The van der Waals surface area contributed by atoms with Crippen molar-refractivity contribution in [2.75, 3.05) is 11.9 Å². The zero-order valence-electron chi connectivity index (χ0n) is 15.0. The summed E-state index contributed by atoms with van der Waals surface area (Å²) in [5, 5.41) is 9.58. The summed E-state index contributed by atoms with van der Waals surface area (Å²) >= 11 is 5.91. The minimum atomic E-state index is 0.161. The summed E-state index contributed by atoms with van der Waals surface area (Å²) in [5.74, 6) is 1.16. The van der Waals surface area contributed by atoms with Gasteiger partial charge in [-0.2, -0.15) is 5.26 Å². The van der Waals surface area contributed by atoms with Crippen LogP contribution in [0.4, 0.5) is 5.69 Å². The molecule has 0 spiro atoms. The number of benzene rings is 2. The minimum absolute atomic E-state index is 0.161. The molecule has 26 heavy (non-hydrogen) atoms. The summed E-state index contributed by atoms with van der Waals surface area (Å²) in [7, 11) is 1.83. The first-order chi connectivity index (χ1) is 12.6. The van der Waals surface area contributed by atoms with Gasteiger partial charge in [0.1, 0.15) is 0 Å². The van der Waals surface area contributed by atoms with E-state index in [0.29, 0.717) is 28.8 Å². The Morgan fingerprint density at radius 1 is 1.08 bits per heavy atom. The van der Waals surface area contributed by atoms with Crippen LogP contribution >= 0.6 is 11.6 Å². The van der Waals surface area contributed by atoms with Crippen molar-refractivity contribution >= 4 is 23.2 Å². The average Bonchev–Trinajstić information content (AvgIpc) is 2.68. The zero-order valence-corrected chi connectivity index (χ0v) is 15.7. The fraction of sp³-hybridized carbons (Fsp3) is 0.364. The monoisotopic (exact) mass is 366 g/mol. The van der Waals surface area contributed by atoms with Crippen molar-refractivity contribution in [1.82, 2.24) is 0 Å². The van der Waals surface area contributed by atoms with Gasteiger partial charge < -0.3 is 4.90 Å². The van der Waals surface area contributed by atoms with E-state index in [1.165, 1.54) is 5.56 Å². The van der Waals surface area contributed by atoms with E-state index in [-0.39, 0.29) is 5.91 Å².